The summed E-state index contributed by atoms with van der Waals surface area (Å²) in [4.78, 5) is 37.2. The Kier molecular flexibility index (Phi) is 5.12. The number of cyclic esters (lactones) is 1. The van der Waals surface area contributed by atoms with Crippen molar-refractivity contribution >= 4 is 17.9 Å². The number of rotatable bonds is 4. The van der Waals surface area contributed by atoms with Gasteiger partial charge >= 0.3 is 17.9 Å². The molecule has 6 nitrogen and oxygen atoms in total. The zero-order valence-electron chi connectivity index (χ0n) is 13.9. The molecule has 0 amide bonds. The van der Waals surface area contributed by atoms with Crippen LogP contribution in [-0.4, -0.2) is 37.7 Å². The summed E-state index contributed by atoms with van der Waals surface area (Å²) < 4.78 is 15.5. The van der Waals surface area contributed by atoms with Gasteiger partial charge in [-0.05, 0) is 38.5 Å². The Morgan fingerprint density at radius 2 is 1.83 bits per heavy atom. The third-order valence-corrected chi connectivity index (χ3v) is 4.63. The summed E-state index contributed by atoms with van der Waals surface area (Å²) in [5.41, 5.74) is -1.84. The molecule has 1 aliphatic heterocycles. The minimum atomic E-state index is -1.40. The first-order valence-electron chi connectivity index (χ1n) is 8.05. The van der Waals surface area contributed by atoms with Gasteiger partial charge in [-0.1, -0.05) is 19.1 Å². The maximum absolute atomic E-state index is 12.6. The molecule has 128 valence electrons. The van der Waals surface area contributed by atoms with E-state index in [9.17, 15) is 14.4 Å². The number of ether oxygens (including phenoxy) is 3. The maximum atomic E-state index is 12.6. The molecule has 1 heterocycles. The average molecular weight is 324 g/mol. The van der Waals surface area contributed by atoms with Crippen molar-refractivity contribution in [3.8, 4) is 0 Å². The number of carbonyl (C=O) groups excluding carboxylic acids is 3. The van der Waals surface area contributed by atoms with Crippen LogP contribution in [0.1, 0.15) is 40.0 Å². The standard InChI is InChI=1S/C17H24O6/c1-4-21-14(19)17(15(20)22-5-2)8-6-7-9-23-13(18)12-10-16(12,3)11-17/h6-7,12H,4-5,8-11H2,1-3H3/b7-6-/t12-,16+/m1/s1. The lowest BCUT2D eigenvalue weighted by Gasteiger charge is -2.31. The maximum Gasteiger partial charge on any atom is 0.323 e. The second-order valence-electron chi connectivity index (χ2n) is 6.42. The Labute approximate surface area is 136 Å². The summed E-state index contributed by atoms with van der Waals surface area (Å²) in [7, 11) is 0. The Balaban J connectivity index is 2.39. The molecule has 0 bridgehead atoms. The van der Waals surface area contributed by atoms with Crippen LogP contribution in [0.4, 0.5) is 0 Å². The topological polar surface area (TPSA) is 78.9 Å². The van der Waals surface area contributed by atoms with Crippen molar-refractivity contribution < 1.29 is 28.6 Å². The van der Waals surface area contributed by atoms with Crippen molar-refractivity contribution in [2.24, 2.45) is 16.7 Å². The summed E-state index contributed by atoms with van der Waals surface area (Å²) in [5.74, 6) is -1.72. The van der Waals surface area contributed by atoms with Crippen molar-refractivity contribution in [1.29, 1.82) is 0 Å². The molecule has 6 heteroatoms. The number of fused-ring (bicyclic) bond motifs is 1. The Morgan fingerprint density at radius 3 is 2.39 bits per heavy atom. The smallest absolute Gasteiger partial charge is 0.323 e. The van der Waals surface area contributed by atoms with Crippen molar-refractivity contribution in [2.45, 2.75) is 40.0 Å². The molecule has 0 aromatic carbocycles. The van der Waals surface area contributed by atoms with Crippen molar-refractivity contribution in [3.05, 3.63) is 12.2 Å². The first-order valence-corrected chi connectivity index (χ1v) is 8.05. The van der Waals surface area contributed by atoms with E-state index in [1.807, 2.05) is 6.92 Å². The molecule has 0 radical (unpaired) electrons. The molecule has 0 N–H and O–H groups in total. The molecule has 2 atom stereocenters. The number of allylic oxidation sites excluding steroid dienone is 1. The van der Waals surface area contributed by atoms with Gasteiger partial charge < -0.3 is 14.2 Å². The molecule has 0 unspecified atom stereocenters. The third-order valence-electron chi connectivity index (χ3n) is 4.63. The summed E-state index contributed by atoms with van der Waals surface area (Å²) >= 11 is 0. The van der Waals surface area contributed by atoms with Gasteiger partial charge in [0.1, 0.15) is 6.61 Å². The summed E-state index contributed by atoms with van der Waals surface area (Å²) in [6.45, 7) is 5.82. The van der Waals surface area contributed by atoms with Crippen LogP contribution in [0.15, 0.2) is 12.2 Å². The van der Waals surface area contributed by atoms with Gasteiger partial charge in [0.15, 0.2) is 5.41 Å². The van der Waals surface area contributed by atoms with Crippen LogP contribution in [0.2, 0.25) is 0 Å². The van der Waals surface area contributed by atoms with E-state index in [1.165, 1.54) is 0 Å². The van der Waals surface area contributed by atoms with E-state index in [0.29, 0.717) is 6.42 Å². The fourth-order valence-electron chi connectivity index (χ4n) is 3.25. The van der Waals surface area contributed by atoms with Gasteiger partial charge in [0, 0.05) is 0 Å². The second kappa shape index (κ2) is 6.72. The molecule has 1 fully saturated rings. The monoisotopic (exact) mass is 324 g/mol. The lowest BCUT2D eigenvalue weighted by atomic mass is 9.74. The number of esters is 3. The molecular formula is C17H24O6. The van der Waals surface area contributed by atoms with Gasteiger partial charge in [-0.3, -0.25) is 14.4 Å². The number of hydrogen-bond donors (Lipinski definition) is 0. The first kappa shape index (κ1) is 17.5. The third kappa shape index (κ3) is 3.41. The quantitative estimate of drug-likeness (QED) is 0.341. The Hall–Kier alpha value is -1.85. The number of carbonyl (C=O) groups is 3. The highest BCUT2D eigenvalue weighted by molar-refractivity contribution is 6.00. The fraction of sp³-hybridized carbons (Fsp3) is 0.706. The second-order valence-corrected chi connectivity index (χ2v) is 6.42. The molecule has 0 aromatic rings. The van der Waals surface area contributed by atoms with E-state index >= 15 is 0 Å². The van der Waals surface area contributed by atoms with Gasteiger partial charge in [-0.15, -0.1) is 0 Å². The molecule has 0 spiro atoms. The van der Waals surface area contributed by atoms with Gasteiger partial charge in [-0.2, -0.15) is 0 Å². The largest absolute Gasteiger partial charge is 0.465 e. The molecule has 1 saturated carbocycles. The van der Waals surface area contributed by atoms with E-state index in [0.717, 1.165) is 0 Å². The molecular weight excluding hydrogens is 300 g/mol. The van der Waals surface area contributed by atoms with Crippen molar-refractivity contribution in [3.63, 3.8) is 0 Å². The SMILES string of the molecule is CCOC(=O)C1(C(=O)OCC)C/C=C\COC(=O)[C@H]2C[C@@]2(C)C1. The minimum Gasteiger partial charge on any atom is -0.465 e. The van der Waals surface area contributed by atoms with Gasteiger partial charge in [0.2, 0.25) is 0 Å². The van der Waals surface area contributed by atoms with Gasteiger partial charge in [-0.25, -0.2) is 0 Å². The van der Waals surface area contributed by atoms with E-state index in [-0.39, 0.29) is 44.5 Å². The summed E-state index contributed by atoms with van der Waals surface area (Å²) in [6, 6.07) is 0. The number of hydrogen-bond acceptors (Lipinski definition) is 6. The molecule has 0 aromatic heterocycles. The highest BCUT2D eigenvalue weighted by Gasteiger charge is 2.63. The molecule has 0 saturated heterocycles. The van der Waals surface area contributed by atoms with Crippen LogP contribution in [0, 0.1) is 16.7 Å². The van der Waals surface area contributed by atoms with Crippen molar-refractivity contribution in [1.82, 2.24) is 0 Å². The van der Waals surface area contributed by atoms with Crippen LogP contribution < -0.4 is 0 Å². The summed E-state index contributed by atoms with van der Waals surface area (Å²) in [5, 5.41) is 0. The molecule has 23 heavy (non-hydrogen) atoms. The highest BCUT2D eigenvalue weighted by Crippen LogP contribution is 2.60. The van der Waals surface area contributed by atoms with Crippen LogP contribution in [0.5, 0.6) is 0 Å². The molecule has 1 aliphatic carbocycles. The predicted molar refractivity (Wildman–Crippen MR) is 81.2 cm³/mol. The Morgan fingerprint density at radius 1 is 1.22 bits per heavy atom. The minimum absolute atomic E-state index is 0.146. The zero-order valence-corrected chi connectivity index (χ0v) is 13.9. The van der Waals surface area contributed by atoms with E-state index in [1.54, 1.807) is 26.0 Å². The first-order chi connectivity index (χ1) is 10.9. The van der Waals surface area contributed by atoms with Gasteiger partial charge in [0.05, 0.1) is 19.1 Å². The van der Waals surface area contributed by atoms with Crippen LogP contribution in [0.3, 0.4) is 0 Å². The summed E-state index contributed by atoms with van der Waals surface area (Å²) in [6.07, 6.45) is 4.35. The average Bonchev–Trinajstić information content (AvgIpc) is 3.17. The lowest BCUT2D eigenvalue weighted by Crippen LogP contribution is -2.44. The fourth-order valence-corrected chi connectivity index (χ4v) is 3.25. The molecule has 2 rings (SSSR count). The predicted octanol–water partition coefficient (Wildman–Crippen LogP) is 2.02. The normalized spacial score (nSPS) is 30.4. The van der Waals surface area contributed by atoms with Crippen LogP contribution in [-0.2, 0) is 28.6 Å². The van der Waals surface area contributed by atoms with E-state index in [2.05, 4.69) is 0 Å². The Bertz CT molecular complexity index is 505. The lowest BCUT2D eigenvalue weighted by molar-refractivity contribution is -0.174. The van der Waals surface area contributed by atoms with Crippen LogP contribution >= 0.6 is 0 Å². The molecule has 2 aliphatic rings. The van der Waals surface area contributed by atoms with E-state index in [4.69, 9.17) is 14.2 Å². The van der Waals surface area contributed by atoms with Gasteiger partial charge in [0.25, 0.3) is 0 Å². The van der Waals surface area contributed by atoms with Crippen LogP contribution in [0.25, 0.3) is 0 Å². The van der Waals surface area contributed by atoms with Crippen molar-refractivity contribution in [2.75, 3.05) is 19.8 Å². The zero-order chi connectivity index (χ0) is 17.1. The van der Waals surface area contributed by atoms with E-state index < -0.39 is 22.8 Å². The highest BCUT2D eigenvalue weighted by atomic mass is 16.6.